The lowest BCUT2D eigenvalue weighted by Gasteiger charge is -2.07. The Bertz CT molecular complexity index is 276. The van der Waals surface area contributed by atoms with Gasteiger partial charge in [0.1, 0.15) is 5.75 Å². The third-order valence-electron chi connectivity index (χ3n) is 1.37. The lowest BCUT2D eigenvalue weighted by molar-refractivity contribution is -0.0503. The van der Waals surface area contributed by atoms with Crippen LogP contribution < -0.4 is 4.74 Å². The quantitative estimate of drug-likeness (QED) is 0.758. The first kappa shape index (κ1) is 9.70. The molecule has 0 aliphatic rings. The van der Waals surface area contributed by atoms with E-state index in [9.17, 15) is 8.78 Å². The smallest absolute Gasteiger partial charge is 0.387 e. The minimum Gasteiger partial charge on any atom is -0.435 e. The van der Waals surface area contributed by atoms with Crippen molar-refractivity contribution >= 4 is 22.6 Å². The summed E-state index contributed by atoms with van der Waals surface area (Å²) in [6, 6.07) is 5.18. The molecule has 0 bridgehead atoms. The van der Waals surface area contributed by atoms with E-state index in [0.29, 0.717) is 0 Å². The van der Waals surface area contributed by atoms with E-state index in [0.717, 1.165) is 9.13 Å². The second kappa shape index (κ2) is 4.02. The van der Waals surface area contributed by atoms with E-state index in [1.54, 1.807) is 19.1 Å². The average molecular weight is 284 g/mol. The van der Waals surface area contributed by atoms with Crippen LogP contribution in [0, 0.1) is 10.5 Å². The maximum Gasteiger partial charge on any atom is 0.387 e. The van der Waals surface area contributed by atoms with Crippen LogP contribution in [0.1, 0.15) is 5.56 Å². The van der Waals surface area contributed by atoms with Crippen LogP contribution in [-0.2, 0) is 0 Å². The molecule has 66 valence electrons. The third-order valence-corrected chi connectivity index (χ3v) is 2.04. The topological polar surface area (TPSA) is 9.23 Å². The van der Waals surface area contributed by atoms with Gasteiger partial charge in [0.25, 0.3) is 0 Å². The highest BCUT2D eigenvalue weighted by Crippen LogP contribution is 2.22. The van der Waals surface area contributed by atoms with E-state index in [-0.39, 0.29) is 5.75 Å². The van der Waals surface area contributed by atoms with Gasteiger partial charge in [-0.25, -0.2) is 0 Å². The van der Waals surface area contributed by atoms with E-state index in [2.05, 4.69) is 4.74 Å². The molecule has 0 aliphatic carbocycles. The van der Waals surface area contributed by atoms with Gasteiger partial charge in [0.15, 0.2) is 0 Å². The number of halogens is 3. The minimum absolute atomic E-state index is 0.247. The lowest BCUT2D eigenvalue weighted by atomic mass is 10.2. The van der Waals surface area contributed by atoms with E-state index in [1.807, 2.05) is 28.7 Å². The molecular formula is C8H7F2IO. The van der Waals surface area contributed by atoms with Gasteiger partial charge in [-0.1, -0.05) is 6.07 Å². The largest absolute Gasteiger partial charge is 0.435 e. The van der Waals surface area contributed by atoms with Crippen molar-refractivity contribution in [2.24, 2.45) is 0 Å². The summed E-state index contributed by atoms with van der Waals surface area (Å²) < 4.78 is 28.8. The summed E-state index contributed by atoms with van der Waals surface area (Å²) in [4.78, 5) is 0. The van der Waals surface area contributed by atoms with Crippen LogP contribution in [0.4, 0.5) is 8.78 Å². The summed E-state index contributed by atoms with van der Waals surface area (Å²) >= 11 is 2.04. The van der Waals surface area contributed by atoms with Crippen LogP contribution >= 0.6 is 22.6 Å². The Hall–Kier alpha value is -0.390. The molecule has 0 amide bonds. The Kier molecular flexibility index (Phi) is 3.25. The second-order valence-corrected chi connectivity index (χ2v) is 3.53. The van der Waals surface area contributed by atoms with Crippen molar-refractivity contribution in [2.75, 3.05) is 0 Å². The molecule has 1 rings (SSSR count). The van der Waals surface area contributed by atoms with Crippen molar-refractivity contribution in [1.29, 1.82) is 0 Å². The molecule has 0 heterocycles. The predicted octanol–water partition coefficient (Wildman–Crippen LogP) is 3.20. The molecule has 0 atom stereocenters. The van der Waals surface area contributed by atoms with Crippen molar-refractivity contribution in [1.82, 2.24) is 0 Å². The lowest BCUT2D eigenvalue weighted by Crippen LogP contribution is -2.03. The first-order valence-corrected chi connectivity index (χ1v) is 4.38. The molecule has 1 aromatic carbocycles. The first-order valence-electron chi connectivity index (χ1n) is 3.30. The van der Waals surface area contributed by atoms with Crippen LogP contribution in [0.2, 0.25) is 0 Å². The van der Waals surface area contributed by atoms with Gasteiger partial charge < -0.3 is 4.74 Å². The highest BCUT2D eigenvalue weighted by atomic mass is 127. The zero-order valence-corrected chi connectivity index (χ0v) is 8.51. The summed E-state index contributed by atoms with van der Waals surface area (Å²) in [6.07, 6.45) is 0. The van der Waals surface area contributed by atoms with Gasteiger partial charge in [0.05, 0.1) is 0 Å². The van der Waals surface area contributed by atoms with Crippen LogP contribution in [0.15, 0.2) is 18.2 Å². The summed E-state index contributed by atoms with van der Waals surface area (Å²) in [6.45, 7) is -1.02. The number of aryl methyl sites for hydroxylation is 1. The molecule has 1 aromatic rings. The third kappa shape index (κ3) is 2.58. The number of rotatable bonds is 2. The van der Waals surface area contributed by atoms with Gasteiger partial charge >= 0.3 is 6.61 Å². The fraction of sp³-hybridized carbons (Fsp3) is 0.250. The van der Waals surface area contributed by atoms with Crippen molar-refractivity contribution in [2.45, 2.75) is 13.5 Å². The molecule has 0 spiro atoms. The zero-order valence-electron chi connectivity index (χ0n) is 6.35. The van der Waals surface area contributed by atoms with Crippen molar-refractivity contribution < 1.29 is 13.5 Å². The molecule has 1 nitrogen and oxygen atoms in total. The highest BCUT2D eigenvalue weighted by Gasteiger charge is 2.06. The molecule has 0 fully saturated rings. The van der Waals surface area contributed by atoms with Crippen LogP contribution in [-0.4, -0.2) is 6.61 Å². The van der Waals surface area contributed by atoms with Gasteiger partial charge in [-0.05, 0) is 47.2 Å². The maximum atomic E-state index is 11.8. The molecule has 0 N–H and O–H groups in total. The maximum absolute atomic E-state index is 11.8. The summed E-state index contributed by atoms with van der Waals surface area (Å²) in [5, 5.41) is 0. The molecular weight excluding hydrogens is 277 g/mol. The second-order valence-electron chi connectivity index (χ2n) is 2.29. The molecule has 4 heteroatoms. The molecule has 0 aliphatic heterocycles. The van der Waals surface area contributed by atoms with Crippen LogP contribution in [0.3, 0.4) is 0 Å². The number of alkyl halides is 2. The van der Waals surface area contributed by atoms with E-state index < -0.39 is 6.61 Å². The molecule has 12 heavy (non-hydrogen) atoms. The van der Waals surface area contributed by atoms with Gasteiger partial charge in [0.2, 0.25) is 0 Å². The fourth-order valence-corrected chi connectivity index (χ4v) is 1.26. The number of ether oxygens (including phenoxy) is 1. The van der Waals surface area contributed by atoms with Gasteiger partial charge in [-0.3, -0.25) is 0 Å². The summed E-state index contributed by atoms with van der Waals surface area (Å²) in [5.74, 6) is 0.247. The average Bonchev–Trinajstić information content (AvgIpc) is 1.96. The number of benzene rings is 1. The Morgan fingerprint density at radius 3 is 2.67 bits per heavy atom. The Morgan fingerprint density at radius 1 is 1.42 bits per heavy atom. The fourth-order valence-electron chi connectivity index (χ4n) is 0.797. The number of hydrogen-bond acceptors (Lipinski definition) is 1. The Balaban J connectivity index is 2.90. The van der Waals surface area contributed by atoms with Crippen molar-refractivity contribution in [3.05, 3.63) is 27.3 Å². The zero-order chi connectivity index (χ0) is 9.14. The molecule has 0 saturated heterocycles. The minimum atomic E-state index is -2.75. The standard InChI is InChI=1S/C8H7F2IO/c1-5-2-3-6(11)4-7(5)12-8(9)10/h2-4,8H,1H3. The summed E-state index contributed by atoms with van der Waals surface area (Å²) in [7, 11) is 0. The monoisotopic (exact) mass is 284 g/mol. The molecule has 0 unspecified atom stereocenters. The Morgan fingerprint density at radius 2 is 2.08 bits per heavy atom. The van der Waals surface area contributed by atoms with E-state index >= 15 is 0 Å². The molecule has 0 aromatic heterocycles. The van der Waals surface area contributed by atoms with E-state index in [1.165, 1.54) is 0 Å². The predicted molar refractivity (Wildman–Crippen MR) is 50.5 cm³/mol. The van der Waals surface area contributed by atoms with Crippen LogP contribution in [0.25, 0.3) is 0 Å². The molecule has 0 radical (unpaired) electrons. The van der Waals surface area contributed by atoms with Gasteiger partial charge in [-0.2, -0.15) is 8.78 Å². The van der Waals surface area contributed by atoms with Crippen molar-refractivity contribution in [3.8, 4) is 5.75 Å². The number of hydrogen-bond donors (Lipinski definition) is 0. The van der Waals surface area contributed by atoms with Gasteiger partial charge in [-0.15, -0.1) is 0 Å². The van der Waals surface area contributed by atoms with E-state index in [4.69, 9.17) is 0 Å². The highest BCUT2D eigenvalue weighted by molar-refractivity contribution is 14.1. The summed E-state index contributed by atoms with van der Waals surface area (Å²) in [5.41, 5.74) is 0.718. The van der Waals surface area contributed by atoms with Crippen molar-refractivity contribution in [3.63, 3.8) is 0 Å². The first-order chi connectivity index (χ1) is 5.59. The molecule has 0 saturated carbocycles. The van der Waals surface area contributed by atoms with Gasteiger partial charge in [0, 0.05) is 3.57 Å². The SMILES string of the molecule is Cc1ccc(I)cc1OC(F)F. The Labute approximate surface area is 82.9 Å². The normalized spacial score (nSPS) is 10.4. The van der Waals surface area contributed by atoms with Crippen LogP contribution in [0.5, 0.6) is 5.75 Å².